The monoisotopic (exact) mass is 576 g/mol. The number of benzene rings is 2. The Labute approximate surface area is 237 Å². The molecule has 1 saturated carbocycles. The number of allylic oxidation sites excluding steroid dienone is 1. The van der Waals surface area contributed by atoms with Crippen molar-refractivity contribution in [1.82, 2.24) is 9.21 Å². The molecule has 4 rings (SSSR count). The number of carbonyl (C=O) groups excluding carboxylic acids is 1. The van der Waals surface area contributed by atoms with Gasteiger partial charge in [0, 0.05) is 35.6 Å². The maximum Gasteiger partial charge on any atom is 0.229 e. The summed E-state index contributed by atoms with van der Waals surface area (Å²) in [5, 5.41) is 0.969. The molecule has 0 N–H and O–H groups in total. The van der Waals surface area contributed by atoms with Crippen molar-refractivity contribution in [2.75, 3.05) is 13.6 Å². The van der Waals surface area contributed by atoms with E-state index in [-0.39, 0.29) is 35.7 Å². The Morgan fingerprint density at radius 2 is 1.79 bits per heavy atom. The second kappa shape index (κ2) is 11.7. The van der Waals surface area contributed by atoms with Gasteiger partial charge in [0.15, 0.2) is 0 Å². The Balaban J connectivity index is 1.87. The molecule has 1 heterocycles. The number of piperidine rings is 1. The van der Waals surface area contributed by atoms with Crippen LogP contribution in [0.15, 0.2) is 61.2 Å². The molecule has 1 amide bonds. The topological polar surface area (TPSA) is 57.7 Å². The molecule has 2 aromatic carbocycles. The molecule has 2 fully saturated rings. The summed E-state index contributed by atoms with van der Waals surface area (Å²) in [7, 11) is -1.74. The molecular weight excluding hydrogens is 539 g/mol. The highest BCUT2D eigenvalue weighted by atomic mass is 35.5. The number of likely N-dealkylation sites (N-methyl/N-ethyl adjacent to an activating group) is 1. The SMILES string of the molecule is C=CCC1(CC)CC(c2cccc(Cl)c2)C(c2ccc(Cl)cc2)N(C(CC)CN(C)S(=O)(=O)C2CC2)C1=O. The van der Waals surface area contributed by atoms with E-state index >= 15 is 0 Å². The van der Waals surface area contributed by atoms with Gasteiger partial charge < -0.3 is 4.90 Å². The van der Waals surface area contributed by atoms with E-state index in [4.69, 9.17) is 23.2 Å². The first-order valence-corrected chi connectivity index (χ1v) is 15.7. The highest BCUT2D eigenvalue weighted by Gasteiger charge is 2.52. The lowest BCUT2D eigenvalue weighted by molar-refractivity contribution is -0.156. The molecule has 0 aromatic heterocycles. The summed E-state index contributed by atoms with van der Waals surface area (Å²) in [5.74, 6) is 0.00840. The van der Waals surface area contributed by atoms with E-state index < -0.39 is 15.4 Å². The lowest BCUT2D eigenvalue weighted by Gasteiger charge is -2.53. The molecule has 4 unspecified atom stereocenters. The molecule has 2 aromatic rings. The van der Waals surface area contributed by atoms with Crippen molar-refractivity contribution in [1.29, 1.82) is 0 Å². The molecular formula is C30H38Cl2N2O3S. The van der Waals surface area contributed by atoms with Crippen LogP contribution in [0.2, 0.25) is 10.0 Å². The van der Waals surface area contributed by atoms with Crippen LogP contribution in [-0.2, 0) is 14.8 Å². The van der Waals surface area contributed by atoms with Gasteiger partial charge >= 0.3 is 0 Å². The molecule has 1 saturated heterocycles. The molecule has 0 spiro atoms. The zero-order valence-corrected chi connectivity index (χ0v) is 24.8. The minimum Gasteiger partial charge on any atom is -0.330 e. The van der Waals surface area contributed by atoms with Crippen molar-refractivity contribution in [3.05, 3.63) is 82.4 Å². The largest absolute Gasteiger partial charge is 0.330 e. The minimum atomic E-state index is -3.39. The summed E-state index contributed by atoms with van der Waals surface area (Å²) in [6.45, 7) is 8.32. The fraction of sp³-hybridized carbons (Fsp3) is 0.500. The van der Waals surface area contributed by atoms with Gasteiger partial charge in [-0.3, -0.25) is 4.79 Å². The number of hydrogen-bond acceptors (Lipinski definition) is 3. The molecule has 2 aliphatic rings. The smallest absolute Gasteiger partial charge is 0.229 e. The third-order valence-electron chi connectivity index (χ3n) is 8.39. The molecule has 5 nitrogen and oxygen atoms in total. The molecule has 206 valence electrons. The van der Waals surface area contributed by atoms with Crippen LogP contribution in [0.25, 0.3) is 0 Å². The zero-order valence-electron chi connectivity index (χ0n) is 22.4. The number of carbonyl (C=O) groups is 1. The van der Waals surface area contributed by atoms with Gasteiger partial charge in [-0.25, -0.2) is 12.7 Å². The van der Waals surface area contributed by atoms with Crippen LogP contribution in [0.5, 0.6) is 0 Å². The first-order chi connectivity index (χ1) is 18.1. The lowest BCUT2D eigenvalue weighted by Crippen LogP contribution is -2.58. The van der Waals surface area contributed by atoms with Gasteiger partial charge in [-0.15, -0.1) is 6.58 Å². The molecule has 4 atom stereocenters. The van der Waals surface area contributed by atoms with Crippen molar-refractivity contribution in [3.8, 4) is 0 Å². The average Bonchev–Trinajstić information content (AvgIpc) is 3.75. The minimum absolute atomic E-state index is 0.0492. The van der Waals surface area contributed by atoms with Gasteiger partial charge in [0.25, 0.3) is 0 Å². The van der Waals surface area contributed by atoms with Crippen molar-refractivity contribution >= 4 is 39.1 Å². The summed E-state index contributed by atoms with van der Waals surface area (Å²) in [6.07, 6.45) is 5.72. The Kier molecular flexibility index (Phi) is 8.98. The van der Waals surface area contributed by atoms with Crippen LogP contribution >= 0.6 is 23.2 Å². The first kappa shape index (κ1) is 29.1. The van der Waals surface area contributed by atoms with Crippen LogP contribution in [0.1, 0.15) is 75.5 Å². The third kappa shape index (κ3) is 5.70. The van der Waals surface area contributed by atoms with E-state index in [0.717, 1.165) is 11.1 Å². The maximum absolute atomic E-state index is 14.6. The van der Waals surface area contributed by atoms with Crippen molar-refractivity contribution in [2.24, 2.45) is 5.41 Å². The number of sulfonamides is 1. The van der Waals surface area contributed by atoms with E-state index in [1.54, 1.807) is 7.05 Å². The third-order valence-corrected chi connectivity index (χ3v) is 11.2. The summed E-state index contributed by atoms with van der Waals surface area (Å²) in [5.41, 5.74) is 1.40. The van der Waals surface area contributed by atoms with E-state index in [9.17, 15) is 13.2 Å². The van der Waals surface area contributed by atoms with Gasteiger partial charge in [0.1, 0.15) is 0 Å². The lowest BCUT2D eigenvalue weighted by atomic mass is 9.65. The second-order valence-corrected chi connectivity index (χ2v) is 14.0. The Morgan fingerprint density at radius 3 is 2.34 bits per heavy atom. The highest BCUT2D eigenvalue weighted by Crippen LogP contribution is 2.53. The van der Waals surface area contributed by atoms with Crippen LogP contribution < -0.4 is 0 Å². The standard InChI is InChI=1S/C30H38Cl2N2O3S/c1-5-17-30(7-3)19-27(22-9-8-10-24(32)18-22)28(21-11-13-23(31)14-12-21)34(29(30)35)25(6-2)20-33(4)38(36,37)26-15-16-26/h5,8-14,18,25-28H,1,6-7,15-17,19-20H2,2-4H3. The molecule has 0 radical (unpaired) electrons. The predicted octanol–water partition coefficient (Wildman–Crippen LogP) is 7.23. The molecule has 38 heavy (non-hydrogen) atoms. The first-order valence-electron chi connectivity index (χ1n) is 13.5. The van der Waals surface area contributed by atoms with E-state index in [1.165, 1.54) is 4.31 Å². The fourth-order valence-electron chi connectivity index (χ4n) is 6.02. The normalized spacial score (nSPS) is 25.0. The highest BCUT2D eigenvalue weighted by molar-refractivity contribution is 7.90. The summed E-state index contributed by atoms with van der Waals surface area (Å²) in [4.78, 5) is 16.6. The van der Waals surface area contributed by atoms with E-state index in [1.807, 2.05) is 60.4 Å². The van der Waals surface area contributed by atoms with Gasteiger partial charge in [-0.05, 0) is 73.9 Å². The van der Waals surface area contributed by atoms with Gasteiger partial charge in [-0.1, -0.05) is 67.4 Å². The molecule has 1 aliphatic carbocycles. The summed E-state index contributed by atoms with van der Waals surface area (Å²) >= 11 is 12.7. The number of amides is 1. The average molecular weight is 578 g/mol. The number of hydrogen-bond donors (Lipinski definition) is 0. The number of halogens is 2. The molecule has 8 heteroatoms. The van der Waals surface area contributed by atoms with Gasteiger partial charge in [0.2, 0.25) is 15.9 Å². The van der Waals surface area contributed by atoms with E-state index in [0.29, 0.717) is 48.6 Å². The number of rotatable bonds is 11. The quantitative estimate of drug-likeness (QED) is 0.265. The van der Waals surface area contributed by atoms with E-state index in [2.05, 4.69) is 19.6 Å². The Bertz CT molecular complexity index is 1260. The maximum atomic E-state index is 14.6. The van der Waals surface area contributed by atoms with Crippen molar-refractivity contribution in [2.45, 2.75) is 75.6 Å². The van der Waals surface area contributed by atoms with Crippen molar-refractivity contribution in [3.63, 3.8) is 0 Å². The van der Waals surface area contributed by atoms with Crippen LogP contribution in [0.4, 0.5) is 0 Å². The summed E-state index contributed by atoms with van der Waals surface area (Å²) < 4.78 is 27.6. The zero-order chi connectivity index (χ0) is 27.7. The molecule has 0 bridgehead atoms. The Hall–Kier alpha value is -1.86. The van der Waals surface area contributed by atoms with Gasteiger partial charge in [-0.2, -0.15) is 0 Å². The predicted molar refractivity (Wildman–Crippen MR) is 156 cm³/mol. The summed E-state index contributed by atoms with van der Waals surface area (Å²) in [6, 6.07) is 14.9. The van der Waals surface area contributed by atoms with Crippen molar-refractivity contribution < 1.29 is 13.2 Å². The van der Waals surface area contributed by atoms with Crippen LogP contribution in [-0.4, -0.2) is 48.4 Å². The Morgan fingerprint density at radius 1 is 1.11 bits per heavy atom. The van der Waals surface area contributed by atoms with Crippen LogP contribution in [0, 0.1) is 5.41 Å². The molecule has 1 aliphatic heterocycles. The van der Waals surface area contributed by atoms with Gasteiger partial charge in [0.05, 0.1) is 16.7 Å². The second-order valence-electron chi connectivity index (χ2n) is 10.8. The number of likely N-dealkylation sites (tertiary alicyclic amines) is 1. The number of nitrogens with zero attached hydrogens (tertiary/aromatic N) is 2. The fourth-order valence-corrected chi connectivity index (χ4v) is 7.96. The van der Waals surface area contributed by atoms with Crippen LogP contribution in [0.3, 0.4) is 0 Å².